The maximum absolute atomic E-state index is 5.77. The van der Waals surface area contributed by atoms with Crippen LogP contribution in [0, 0.1) is 0 Å². The molecule has 0 bridgehead atoms. The molecule has 3 nitrogen and oxygen atoms in total. The van der Waals surface area contributed by atoms with Crippen LogP contribution in [0.4, 0.5) is 5.69 Å². The zero-order valence-electron chi connectivity index (χ0n) is 14.4. The van der Waals surface area contributed by atoms with Gasteiger partial charge in [-0.3, -0.25) is 0 Å². The van der Waals surface area contributed by atoms with Gasteiger partial charge in [0.2, 0.25) is 0 Å². The summed E-state index contributed by atoms with van der Waals surface area (Å²) >= 11 is 0. The van der Waals surface area contributed by atoms with Crippen molar-refractivity contribution in [3.8, 4) is 11.1 Å². The van der Waals surface area contributed by atoms with Gasteiger partial charge in [0.25, 0.3) is 0 Å². The van der Waals surface area contributed by atoms with E-state index in [1.54, 1.807) is 0 Å². The molecule has 6 N–H and O–H groups in total. The van der Waals surface area contributed by atoms with Gasteiger partial charge >= 0.3 is 0 Å². The van der Waals surface area contributed by atoms with Gasteiger partial charge in [-0.1, -0.05) is 43.2 Å². The highest BCUT2D eigenvalue weighted by Crippen LogP contribution is 2.36. The molecular weight excluding hydrogens is 294 g/mol. The van der Waals surface area contributed by atoms with Crippen LogP contribution in [-0.2, 0) is 6.42 Å². The van der Waals surface area contributed by atoms with Gasteiger partial charge in [-0.2, -0.15) is 0 Å². The summed E-state index contributed by atoms with van der Waals surface area (Å²) in [6.45, 7) is 0. The average molecular weight is 323 g/mol. The normalized spacial score (nSPS) is 17.9. The van der Waals surface area contributed by atoms with Crippen molar-refractivity contribution < 1.29 is 0 Å². The second-order valence-corrected chi connectivity index (χ2v) is 7.13. The lowest BCUT2D eigenvalue weighted by molar-refractivity contribution is 0.704. The monoisotopic (exact) mass is 323 g/mol. The molecule has 0 radical (unpaired) electrons. The lowest BCUT2D eigenvalue weighted by Crippen LogP contribution is -2.13. The second kappa shape index (κ2) is 7.82. The van der Waals surface area contributed by atoms with E-state index in [9.17, 15) is 0 Å². The fourth-order valence-corrected chi connectivity index (χ4v) is 3.22. The smallest absolute Gasteiger partial charge is 0.0317 e. The van der Waals surface area contributed by atoms with E-state index in [-0.39, 0.29) is 0 Å². The van der Waals surface area contributed by atoms with Crippen LogP contribution in [-0.4, -0.2) is 12.1 Å². The molecule has 0 aromatic heterocycles. The predicted molar refractivity (Wildman–Crippen MR) is 103 cm³/mol. The van der Waals surface area contributed by atoms with Gasteiger partial charge in [0, 0.05) is 17.8 Å². The first-order valence-corrected chi connectivity index (χ1v) is 9.11. The van der Waals surface area contributed by atoms with Crippen molar-refractivity contribution in [2.24, 2.45) is 11.5 Å². The summed E-state index contributed by atoms with van der Waals surface area (Å²) in [5.41, 5.74) is 22.8. The molecule has 0 amide bonds. The summed E-state index contributed by atoms with van der Waals surface area (Å²) in [5.74, 6) is 0. The van der Waals surface area contributed by atoms with Gasteiger partial charge in [-0.15, -0.1) is 0 Å². The summed E-state index contributed by atoms with van der Waals surface area (Å²) in [7, 11) is 0. The van der Waals surface area contributed by atoms with E-state index < -0.39 is 0 Å². The Hall–Kier alpha value is -1.84. The van der Waals surface area contributed by atoms with E-state index in [0.29, 0.717) is 12.1 Å². The number of nitrogens with two attached hydrogens (primary N) is 3. The second-order valence-electron chi connectivity index (χ2n) is 7.13. The number of nitrogen functional groups attached to an aromatic ring is 1. The van der Waals surface area contributed by atoms with Crippen molar-refractivity contribution >= 4 is 5.69 Å². The topological polar surface area (TPSA) is 78.1 Å². The Morgan fingerprint density at radius 1 is 0.708 bits per heavy atom. The summed E-state index contributed by atoms with van der Waals surface area (Å²) in [6, 6.07) is 15.8. The maximum Gasteiger partial charge on any atom is 0.0317 e. The highest BCUT2D eigenvalue weighted by molar-refractivity contribution is 5.78. The number of anilines is 1. The van der Waals surface area contributed by atoms with Gasteiger partial charge in [-0.05, 0) is 66.5 Å². The van der Waals surface area contributed by atoms with E-state index in [1.807, 2.05) is 6.07 Å². The number of benzene rings is 2. The lowest BCUT2D eigenvalue weighted by Gasteiger charge is -2.00. The van der Waals surface area contributed by atoms with Gasteiger partial charge in [0.05, 0.1) is 0 Å². The highest BCUT2D eigenvalue weighted by atomic mass is 14.7. The zero-order valence-corrected chi connectivity index (χ0v) is 14.4. The molecule has 2 saturated carbocycles. The Labute approximate surface area is 145 Å². The number of rotatable bonds is 0. The summed E-state index contributed by atoms with van der Waals surface area (Å²) in [4.78, 5) is 0. The molecule has 0 unspecified atom stereocenters. The first kappa shape index (κ1) is 17.0. The fourth-order valence-electron chi connectivity index (χ4n) is 3.22. The SMILES string of the molecule is NC1CC1.NC1CCCC1.Nc1ccc2c(c1)Cc1ccccc1-2. The van der Waals surface area contributed by atoms with Crippen LogP contribution in [0.25, 0.3) is 11.1 Å². The van der Waals surface area contributed by atoms with Gasteiger partial charge < -0.3 is 17.2 Å². The van der Waals surface area contributed by atoms with Crippen LogP contribution < -0.4 is 17.2 Å². The molecule has 128 valence electrons. The summed E-state index contributed by atoms with van der Waals surface area (Å²) in [6.07, 6.45) is 8.80. The molecule has 3 aliphatic rings. The Morgan fingerprint density at radius 2 is 1.29 bits per heavy atom. The van der Waals surface area contributed by atoms with Crippen LogP contribution >= 0.6 is 0 Å². The van der Waals surface area contributed by atoms with Crippen molar-refractivity contribution in [3.63, 3.8) is 0 Å². The molecule has 3 aliphatic carbocycles. The van der Waals surface area contributed by atoms with Crippen LogP contribution in [0.1, 0.15) is 49.7 Å². The Morgan fingerprint density at radius 3 is 1.88 bits per heavy atom. The average Bonchev–Trinajstić information content (AvgIpc) is 3.08. The van der Waals surface area contributed by atoms with E-state index in [1.165, 1.54) is 60.8 Å². The largest absolute Gasteiger partial charge is 0.399 e. The number of fused-ring (bicyclic) bond motifs is 3. The molecule has 3 heteroatoms. The van der Waals surface area contributed by atoms with E-state index in [0.717, 1.165) is 12.1 Å². The molecule has 2 aromatic rings. The van der Waals surface area contributed by atoms with E-state index in [2.05, 4.69) is 36.4 Å². The summed E-state index contributed by atoms with van der Waals surface area (Å²) < 4.78 is 0. The van der Waals surface area contributed by atoms with E-state index >= 15 is 0 Å². The molecular formula is C21H29N3. The van der Waals surface area contributed by atoms with Crippen molar-refractivity contribution in [1.29, 1.82) is 0 Å². The molecule has 0 spiro atoms. The lowest BCUT2D eigenvalue weighted by atomic mass is 10.1. The van der Waals surface area contributed by atoms with Gasteiger partial charge in [0.15, 0.2) is 0 Å². The molecule has 24 heavy (non-hydrogen) atoms. The standard InChI is InChI=1S/C13H11N.C5H11N.C3H7N/c14-11-5-6-13-10(8-11)7-9-3-1-2-4-12(9)13;6-5-3-1-2-4-5;4-3-1-2-3/h1-6,8H,7,14H2;5H,1-4,6H2;3H,1-2,4H2. The molecule has 0 saturated heterocycles. The first-order valence-electron chi connectivity index (χ1n) is 9.11. The third-order valence-corrected chi connectivity index (χ3v) is 4.84. The van der Waals surface area contributed by atoms with E-state index in [4.69, 9.17) is 17.2 Å². The molecule has 2 fully saturated rings. The first-order chi connectivity index (χ1) is 11.6. The third kappa shape index (κ3) is 4.59. The Balaban J connectivity index is 0.000000139. The summed E-state index contributed by atoms with van der Waals surface area (Å²) in [5, 5.41) is 0. The van der Waals surface area contributed by atoms with Crippen LogP contribution in [0.15, 0.2) is 42.5 Å². The maximum atomic E-state index is 5.77. The minimum Gasteiger partial charge on any atom is -0.399 e. The van der Waals surface area contributed by atoms with Crippen molar-refractivity contribution in [3.05, 3.63) is 53.6 Å². The Bertz CT molecular complexity index is 671. The van der Waals surface area contributed by atoms with Crippen LogP contribution in [0.5, 0.6) is 0 Å². The highest BCUT2D eigenvalue weighted by Gasteiger charge is 2.17. The van der Waals surface area contributed by atoms with Crippen molar-refractivity contribution in [2.75, 3.05) is 5.73 Å². The van der Waals surface area contributed by atoms with Gasteiger partial charge in [-0.25, -0.2) is 0 Å². The molecule has 2 aromatic carbocycles. The zero-order chi connectivity index (χ0) is 16.9. The minimum atomic E-state index is 0.546. The molecule has 0 heterocycles. The molecule has 0 aliphatic heterocycles. The predicted octanol–water partition coefficient (Wildman–Crippen LogP) is 3.84. The number of hydrogen-bond donors (Lipinski definition) is 3. The van der Waals surface area contributed by atoms with Crippen LogP contribution in [0.2, 0.25) is 0 Å². The van der Waals surface area contributed by atoms with Crippen molar-refractivity contribution in [2.45, 2.75) is 57.0 Å². The third-order valence-electron chi connectivity index (χ3n) is 4.84. The molecule has 5 rings (SSSR count). The minimum absolute atomic E-state index is 0.546. The molecule has 0 atom stereocenters. The quantitative estimate of drug-likeness (QED) is 0.550. The van der Waals surface area contributed by atoms with Crippen molar-refractivity contribution in [1.82, 2.24) is 0 Å². The Kier molecular flexibility index (Phi) is 5.54. The van der Waals surface area contributed by atoms with Gasteiger partial charge in [0.1, 0.15) is 0 Å². The fraction of sp³-hybridized carbons (Fsp3) is 0.429. The number of hydrogen-bond acceptors (Lipinski definition) is 3. The van der Waals surface area contributed by atoms with Crippen LogP contribution in [0.3, 0.4) is 0 Å².